The van der Waals surface area contributed by atoms with Crippen LogP contribution in [0.2, 0.25) is 0 Å². The zero-order valence-corrected chi connectivity index (χ0v) is 7.17. The molecule has 62 valence electrons. The maximum Gasteiger partial charge on any atom is 0.0420 e. The largest absolute Gasteiger partial charge is 0.399 e. The van der Waals surface area contributed by atoms with Crippen molar-refractivity contribution in [2.45, 2.75) is 25.8 Å². The van der Waals surface area contributed by atoms with E-state index < -0.39 is 0 Å². The predicted molar refractivity (Wildman–Crippen MR) is 47.8 cm³/mol. The van der Waals surface area contributed by atoms with Crippen LogP contribution in [0.4, 0.5) is 0 Å². The van der Waals surface area contributed by atoms with Gasteiger partial charge in [0.15, 0.2) is 0 Å². The van der Waals surface area contributed by atoms with Gasteiger partial charge in [-0.3, -0.25) is 0 Å². The smallest absolute Gasteiger partial charge is 0.0420 e. The summed E-state index contributed by atoms with van der Waals surface area (Å²) in [6.07, 6.45) is 6.88. The zero-order valence-electron chi connectivity index (χ0n) is 7.17. The van der Waals surface area contributed by atoms with Crippen LogP contribution in [0.3, 0.4) is 0 Å². The number of nitrogens with two attached hydrogens (primary N) is 2. The van der Waals surface area contributed by atoms with Gasteiger partial charge in [0.2, 0.25) is 0 Å². The highest BCUT2D eigenvalue weighted by Crippen LogP contribution is 2.25. The summed E-state index contributed by atoms with van der Waals surface area (Å²) in [7, 11) is 0. The van der Waals surface area contributed by atoms with E-state index in [2.05, 4.69) is 19.9 Å². The minimum Gasteiger partial charge on any atom is -0.399 e. The molecule has 4 N–H and O–H groups in total. The van der Waals surface area contributed by atoms with Crippen molar-refractivity contribution in [2.24, 2.45) is 17.4 Å². The molecule has 2 heteroatoms. The predicted octanol–water partition coefficient (Wildman–Crippen LogP) is 1.14. The first-order valence-corrected chi connectivity index (χ1v) is 4.04. The molecule has 11 heavy (non-hydrogen) atoms. The fraction of sp³-hybridized carbons (Fsp3) is 0.556. The van der Waals surface area contributed by atoms with Crippen LogP contribution >= 0.6 is 0 Å². The van der Waals surface area contributed by atoms with Crippen molar-refractivity contribution in [3.05, 3.63) is 23.9 Å². The molecule has 0 aliphatic heterocycles. The summed E-state index contributed by atoms with van der Waals surface area (Å²) in [4.78, 5) is 0. The van der Waals surface area contributed by atoms with Gasteiger partial charge in [0.25, 0.3) is 0 Å². The third kappa shape index (κ3) is 1.46. The summed E-state index contributed by atoms with van der Waals surface area (Å²) >= 11 is 0. The highest BCUT2D eigenvalue weighted by atomic mass is 14.8. The fourth-order valence-electron chi connectivity index (χ4n) is 1.35. The Balaban J connectivity index is 2.89. The van der Waals surface area contributed by atoms with Crippen molar-refractivity contribution in [2.75, 3.05) is 0 Å². The molecule has 0 radical (unpaired) electrons. The second-order valence-electron chi connectivity index (χ2n) is 3.26. The Morgan fingerprint density at radius 2 is 2.27 bits per heavy atom. The second-order valence-corrected chi connectivity index (χ2v) is 3.26. The van der Waals surface area contributed by atoms with Gasteiger partial charge >= 0.3 is 0 Å². The minimum absolute atomic E-state index is 0.223. The van der Waals surface area contributed by atoms with Crippen molar-refractivity contribution in [3.63, 3.8) is 0 Å². The Hall–Kier alpha value is -0.760. The van der Waals surface area contributed by atoms with Gasteiger partial charge < -0.3 is 11.5 Å². The van der Waals surface area contributed by atoms with Gasteiger partial charge in [-0.05, 0) is 24.5 Å². The first-order chi connectivity index (χ1) is 5.08. The maximum absolute atomic E-state index is 6.08. The van der Waals surface area contributed by atoms with E-state index in [9.17, 15) is 0 Å². The lowest BCUT2D eigenvalue weighted by atomic mass is 9.80. The van der Waals surface area contributed by atoms with E-state index in [0.29, 0.717) is 5.92 Å². The molecule has 2 atom stereocenters. The van der Waals surface area contributed by atoms with Gasteiger partial charge in [0, 0.05) is 11.2 Å². The van der Waals surface area contributed by atoms with Gasteiger partial charge in [-0.2, -0.15) is 0 Å². The Labute approximate surface area is 68.0 Å². The standard InChI is InChI=1S/C9H16N2/c1-3-9(11)6-8(10)5-4-7(9)2/h4-7H,3,10-11H2,1-2H3. The van der Waals surface area contributed by atoms with E-state index in [1.54, 1.807) is 0 Å². The molecule has 0 saturated heterocycles. The molecular weight excluding hydrogens is 136 g/mol. The van der Waals surface area contributed by atoms with Crippen molar-refractivity contribution in [1.82, 2.24) is 0 Å². The summed E-state index contributed by atoms with van der Waals surface area (Å²) in [5, 5.41) is 0. The van der Waals surface area contributed by atoms with Crippen LogP contribution in [-0.2, 0) is 0 Å². The van der Waals surface area contributed by atoms with E-state index >= 15 is 0 Å². The average Bonchev–Trinajstić information content (AvgIpc) is 1.98. The highest BCUT2D eigenvalue weighted by Gasteiger charge is 2.27. The number of allylic oxidation sites excluding steroid dienone is 1. The Morgan fingerprint density at radius 1 is 1.64 bits per heavy atom. The molecule has 0 aromatic heterocycles. The fourth-order valence-corrected chi connectivity index (χ4v) is 1.35. The lowest BCUT2D eigenvalue weighted by molar-refractivity contribution is 0.400. The molecule has 0 fully saturated rings. The van der Waals surface area contributed by atoms with Crippen LogP contribution in [0.25, 0.3) is 0 Å². The van der Waals surface area contributed by atoms with Gasteiger partial charge in [0.05, 0.1) is 0 Å². The molecule has 0 saturated carbocycles. The third-order valence-corrected chi connectivity index (χ3v) is 2.47. The molecule has 0 heterocycles. The monoisotopic (exact) mass is 152 g/mol. The highest BCUT2D eigenvalue weighted by molar-refractivity contribution is 5.29. The molecule has 0 amide bonds. The van der Waals surface area contributed by atoms with E-state index in [0.717, 1.165) is 12.1 Å². The molecule has 0 aromatic rings. The van der Waals surface area contributed by atoms with Gasteiger partial charge in [-0.25, -0.2) is 0 Å². The summed E-state index contributed by atoms with van der Waals surface area (Å²) in [5.41, 5.74) is 12.3. The van der Waals surface area contributed by atoms with Crippen molar-refractivity contribution in [1.29, 1.82) is 0 Å². The Morgan fingerprint density at radius 3 is 2.73 bits per heavy atom. The van der Waals surface area contributed by atoms with Crippen molar-refractivity contribution in [3.8, 4) is 0 Å². The third-order valence-electron chi connectivity index (χ3n) is 2.47. The number of hydrogen-bond acceptors (Lipinski definition) is 2. The summed E-state index contributed by atoms with van der Waals surface area (Å²) in [6.45, 7) is 4.20. The molecule has 2 unspecified atom stereocenters. The molecule has 0 spiro atoms. The van der Waals surface area contributed by atoms with Gasteiger partial charge in [-0.15, -0.1) is 0 Å². The van der Waals surface area contributed by atoms with Gasteiger partial charge in [0.1, 0.15) is 0 Å². The van der Waals surface area contributed by atoms with E-state index in [1.165, 1.54) is 0 Å². The molecule has 1 aliphatic carbocycles. The van der Waals surface area contributed by atoms with Crippen LogP contribution in [0.15, 0.2) is 23.9 Å². The van der Waals surface area contributed by atoms with Crippen LogP contribution in [0.5, 0.6) is 0 Å². The topological polar surface area (TPSA) is 52.0 Å². The quantitative estimate of drug-likeness (QED) is 0.592. The van der Waals surface area contributed by atoms with Crippen molar-refractivity contribution >= 4 is 0 Å². The average molecular weight is 152 g/mol. The molecular formula is C9H16N2. The number of hydrogen-bond donors (Lipinski definition) is 2. The van der Waals surface area contributed by atoms with Crippen LogP contribution in [0.1, 0.15) is 20.3 Å². The minimum atomic E-state index is -0.223. The van der Waals surface area contributed by atoms with Crippen molar-refractivity contribution < 1.29 is 0 Å². The van der Waals surface area contributed by atoms with Crippen LogP contribution in [0, 0.1) is 5.92 Å². The Kier molecular flexibility index (Phi) is 2.05. The molecule has 2 nitrogen and oxygen atoms in total. The van der Waals surface area contributed by atoms with E-state index in [4.69, 9.17) is 11.5 Å². The lowest BCUT2D eigenvalue weighted by Gasteiger charge is -2.32. The van der Waals surface area contributed by atoms with Crippen LogP contribution < -0.4 is 11.5 Å². The molecule has 0 aromatic carbocycles. The molecule has 0 bridgehead atoms. The maximum atomic E-state index is 6.08. The normalized spacial score (nSPS) is 37.0. The summed E-state index contributed by atoms with van der Waals surface area (Å²) in [6, 6.07) is 0. The van der Waals surface area contributed by atoms with Crippen LogP contribution in [-0.4, -0.2) is 5.54 Å². The molecule has 1 rings (SSSR count). The van der Waals surface area contributed by atoms with E-state index in [1.807, 2.05) is 12.2 Å². The molecule has 1 aliphatic rings. The summed E-state index contributed by atoms with van der Waals surface area (Å²) in [5.74, 6) is 0.389. The van der Waals surface area contributed by atoms with Gasteiger partial charge in [-0.1, -0.05) is 19.9 Å². The summed E-state index contributed by atoms with van der Waals surface area (Å²) < 4.78 is 0. The SMILES string of the molecule is CCC1(N)C=C(N)C=CC1C. The number of rotatable bonds is 1. The second kappa shape index (κ2) is 2.70. The first kappa shape index (κ1) is 8.34. The Bertz CT molecular complexity index is 206. The van der Waals surface area contributed by atoms with E-state index in [-0.39, 0.29) is 5.54 Å². The lowest BCUT2D eigenvalue weighted by Crippen LogP contribution is -2.44. The zero-order chi connectivity index (χ0) is 8.48. The first-order valence-electron chi connectivity index (χ1n) is 4.04.